The number of thiazole rings is 1. The van der Waals surface area contributed by atoms with E-state index in [0.717, 1.165) is 35.2 Å². The van der Waals surface area contributed by atoms with Crippen LogP contribution in [0.5, 0.6) is 0 Å². The third-order valence-electron chi connectivity index (χ3n) is 2.42. The van der Waals surface area contributed by atoms with Crippen LogP contribution in [0, 0.1) is 6.92 Å². The van der Waals surface area contributed by atoms with E-state index in [1.807, 2.05) is 25.9 Å². The van der Waals surface area contributed by atoms with Gasteiger partial charge in [-0.2, -0.15) is 0 Å². The maximum atomic E-state index is 12.0. The molecule has 96 valence electrons. The molecule has 0 spiro atoms. The normalized spacial score (nSPS) is 10.9. The number of hydrogen-bond donors (Lipinski definition) is 1. The zero-order valence-electron chi connectivity index (χ0n) is 11.1. The number of Topliss-reactive ketones (excluding diaryl/α,β-unsaturated/α-hetero) is 1. The van der Waals surface area contributed by atoms with Crippen LogP contribution in [0.1, 0.15) is 35.1 Å². The lowest BCUT2D eigenvalue weighted by Crippen LogP contribution is -2.17. The zero-order valence-corrected chi connectivity index (χ0v) is 11.9. The summed E-state index contributed by atoms with van der Waals surface area (Å²) >= 11 is 1.52. The van der Waals surface area contributed by atoms with Gasteiger partial charge in [-0.15, -0.1) is 0 Å². The van der Waals surface area contributed by atoms with Gasteiger partial charge in [0.1, 0.15) is 10.6 Å². The number of H-pyrrole nitrogens is 1. The van der Waals surface area contributed by atoms with Gasteiger partial charge in [0.25, 0.3) is 0 Å². The minimum atomic E-state index is 0.224. The first-order valence-electron chi connectivity index (χ1n) is 5.99. The van der Waals surface area contributed by atoms with Crippen LogP contribution in [-0.2, 0) is 0 Å². The second-order valence-corrected chi connectivity index (χ2v) is 5.43. The van der Waals surface area contributed by atoms with Crippen molar-refractivity contribution in [2.45, 2.75) is 26.7 Å². The summed E-state index contributed by atoms with van der Waals surface area (Å²) in [5.74, 6) is 0.224. The molecule has 0 fully saturated rings. The summed E-state index contributed by atoms with van der Waals surface area (Å²) in [7, 11) is 3.96. The van der Waals surface area contributed by atoms with Gasteiger partial charge < -0.3 is 4.90 Å². The number of carbonyl (C=O) groups is 1. The highest BCUT2D eigenvalue weighted by molar-refractivity contribution is 7.17. The summed E-state index contributed by atoms with van der Waals surface area (Å²) in [6.45, 7) is 5.81. The van der Waals surface area contributed by atoms with Crippen LogP contribution in [0.15, 0.2) is 0 Å². The Labute approximate surface area is 107 Å². The Morgan fingerprint density at radius 1 is 1.47 bits per heavy atom. The molecule has 17 heavy (non-hydrogen) atoms. The molecule has 0 aromatic carbocycles. The van der Waals surface area contributed by atoms with Gasteiger partial charge in [-0.05, 0) is 38.8 Å². The number of ketones is 1. The van der Waals surface area contributed by atoms with Gasteiger partial charge in [0.05, 0.1) is 6.54 Å². The monoisotopic (exact) mass is 256 g/mol. The second-order valence-electron chi connectivity index (χ2n) is 4.41. The van der Waals surface area contributed by atoms with Crippen molar-refractivity contribution < 1.29 is 9.78 Å². The number of aromatic amines is 1. The van der Waals surface area contributed by atoms with E-state index in [1.165, 1.54) is 11.3 Å². The molecule has 5 heteroatoms. The summed E-state index contributed by atoms with van der Waals surface area (Å²) < 4.78 is 0. The van der Waals surface area contributed by atoms with Crippen LogP contribution < -0.4 is 10.3 Å². The minimum Gasteiger partial charge on any atom is -0.309 e. The van der Waals surface area contributed by atoms with E-state index < -0.39 is 0 Å². The standard InChI is InChI=1S/C12H21N3OS/c1-5-7-13-12-14-9(2)11(17-12)10(16)6-8-15(3)4/h5-8H2,1-4H3,(H,13,14)/p+1. The van der Waals surface area contributed by atoms with Gasteiger partial charge in [-0.1, -0.05) is 6.92 Å². The molecular formula is C12H22N3OS+. The number of carbonyl (C=O) groups excluding carboxylic acids is 1. The van der Waals surface area contributed by atoms with E-state index in [1.54, 1.807) is 0 Å². The van der Waals surface area contributed by atoms with Crippen molar-refractivity contribution in [2.75, 3.05) is 32.5 Å². The Hall–Kier alpha value is -0.940. The fourth-order valence-electron chi connectivity index (χ4n) is 1.45. The number of rotatable bonds is 7. The average molecular weight is 256 g/mol. The molecule has 2 N–H and O–H groups in total. The molecule has 0 aliphatic rings. The number of aryl methyl sites for hydroxylation is 1. The maximum absolute atomic E-state index is 12.0. The number of hydrogen-bond acceptors (Lipinski definition) is 4. The first-order valence-corrected chi connectivity index (χ1v) is 6.80. The molecule has 0 aliphatic carbocycles. The smallest absolute Gasteiger partial charge is 0.309 e. The quantitative estimate of drug-likeness (QED) is 0.757. The van der Waals surface area contributed by atoms with Crippen molar-refractivity contribution >= 4 is 22.3 Å². The van der Waals surface area contributed by atoms with Crippen molar-refractivity contribution in [1.29, 1.82) is 0 Å². The lowest BCUT2D eigenvalue weighted by atomic mass is 10.2. The highest BCUT2D eigenvalue weighted by Gasteiger charge is 2.18. The molecule has 1 heterocycles. The van der Waals surface area contributed by atoms with E-state index in [2.05, 4.69) is 17.2 Å². The predicted octanol–water partition coefficient (Wildman–Crippen LogP) is 1.83. The molecule has 0 radical (unpaired) electrons. The van der Waals surface area contributed by atoms with Crippen LogP contribution in [-0.4, -0.2) is 37.9 Å². The molecule has 0 amide bonds. The van der Waals surface area contributed by atoms with Crippen molar-refractivity contribution in [3.05, 3.63) is 10.6 Å². The minimum absolute atomic E-state index is 0.224. The summed E-state index contributed by atoms with van der Waals surface area (Å²) in [4.78, 5) is 18.1. The molecule has 0 atom stereocenters. The Balaban J connectivity index is 2.63. The first-order chi connectivity index (χ1) is 8.04. The first kappa shape index (κ1) is 14.1. The average Bonchev–Trinajstić information content (AvgIpc) is 2.64. The summed E-state index contributed by atoms with van der Waals surface area (Å²) in [5, 5.41) is 4.26. The fraction of sp³-hybridized carbons (Fsp3) is 0.667. The fourth-order valence-corrected chi connectivity index (χ4v) is 2.46. The summed E-state index contributed by atoms with van der Waals surface area (Å²) in [6.07, 6.45) is 1.66. The van der Waals surface area contributed by atoms with Gasteiger partial charge in [0, 0.05) is 13.0 Å². The van der Waals surface area contributed by atoms with Crippen molar-refractivity contribution in [2.24, 2.45) is 0 Å². The molecule has 0 saturated carbocycles. The maximum Gasteiger partial charge on any atom is 0.332 e. The highest BCUT2D eigenvalue weighted by atomic mass is 32.1. The van der Waals surface area contributed by atoms with E-state index in [0.29, 0.717) is 6.42 Å². The Bertz CT molecular complexity index is 374. The molecule has 1 aromatic heterocycles. The molecule has 1 rings (SSSR count). The van der Waals surface area contributed by atoms with Crippen LogP contribution in [0.25, 0.3) is 0 Å². The third kappa shape index (κ3) is 4.44. The highest BCUT2D eigenvalue weighted by Crippen LogP contribution is 2.20. The lowest BCUT2D eigenvalue weighted by Gasteiger charge is -2.06. The number of nitrogens with zero attached hydrogens (tertiary/aromatic N) is 1. The van der Waals surface area contributed by atoms with Crippen LogP contribution in [0.2, 0.25) is 0 Å². The largest absolute Gasteiger partial charge is 0.332 e. The second kappa shape index (κ2) is 6.71. The molecule has 4 nitrogen and oxygen atoms in total. The summed E-state index contributed by atoms with van der Waals surface area (Å²) in [6, 6.07) is 0. The molecule has 1 aromatic rings. The molecular weight excluding hydrogens is 234 g/mol. The zero-order chi connectivity index (χ0) is 12.8. The van der Waals surface area contributed by atoms with Gasteiger partial charge in [0.15, 0.2) is 5.78 Å². The lowest BCUT2D eigenvalue weighted by molar-refractivity contribution is -0.364. The van der Waals surface area contributed by atoms with E-state index in [-0.39, 0.29) is 5.78 Å². The molecule has 0 saturated heterocycles. The summed E-state index contributed by atoms with van der Waals surface area (Å²) in [5.41, 5.74) is 0.970. The van der Waals surface area contributed by atoms with E-state index in [4.69, 9.17) is 0 Å². The number of aromatic nitrogens is 1. The Morgan fingerprint density at radius 2 is 2.18 bits per heavy atom. The van der Waals surface area contributed by atoms with E-state index in [9.17, 15) is 4.79 Å². The van der Waals surface area contributed by atoms with E-state index >= 15 is 0 Å². The number of anilines is 1. The third-order valence-corrected chi connectivity index (χ3v) is 3.61. The van der Waals surface area contributed by atoms with Crippen LogP contribution in [0.3, 0.4) is 0 Å². The van der Waals surface area contributed by atoms with Crippen molar-refractivity contribution in [1.82, 2.24) is 4.90 Å². The Morgan fingerprint density at radius 3 is 2.76 bits per heavy atom. The van der Waals surface area contributed by atoms with Gasteiger partial charge >= 0.3 is 5.13 Å². The van der Waals surface area contributed by atoms with Gasteiger partial charge in [0.2, 0.25) is 0 Å². The molecule has 0 bridgehead atoms. The molecule has 0 unspecified atom stereocenters. The van der Waals surface area contributed by atoms with Crippen molar-refractivity contribution in [3.8, 4) is 0 Å². The van der Waals surface area contributed by atoms with Crippen molar-refractivity contribution in [3.63, 3.8) is 0 Å². The van der Waals surface area contributed by atoms with Crippen LogP contribution in [0.4, 0.5) is 5.13 Å². The number of nitrogens with one attached hydrogen (secondary N) is 2. The molecule has 0 aliphatic heterocycles. The predicted molar refractivity (Wildman–Crippen MR) is 71.9 cm³/mol. The van der Waals surface area contributed by atoms with Gasteiger partial charge in [-0.3, -0.25) is 10.1 Å². The van der Waals surface area contributed by atoms with Crippen LogP contribution >= 0.6 is 11.3 Å². The Kier molecular flexibility index (Phi) is 5.58. The SMILES string of the molecule is CCCNc1[nH+]c(C)c(C(=O)CCN(C)C)s1. The van der Waals surface area contributed by atoms with Gasteiger partial charge in [-0.25, -0.2) is 4.98 Å². The topological polar surface area (TPSA) is 46.5 Å².